The van der Waals surface area contributed by atoms with Crippen LogP contribution in [0.1, 0.15) is 55.8 Å². The summed E-state index contributed by atoms with van der Waals surface area (Å²) >= 11 is 0. The van der Waals surface area contributed by atoms with Gasteiger partial charge in [-0.1, -0.05) is 32.6 Å². The molecule has 0 radical (unpaired) electrons. The van der Waals surface area contributed by atoms with E-state index in [1.54, 1.807) is 24.3 Å². The van der Waals surface area contributed by atoms with Crippen LogP contribution < -0.4 is 4.74 Å². The van der Waals surface area contributed by atoms with Crippen molar-refractivity contribution >= 4 is 12.3 Å². The number of hydrogen-bond acceptors (Lipinski definition) is 9. The van der Waals surface area contributed by atoms with Crippen molar-refractivity contribution < 1.29 is 42.7 Å². The van der Waals surface area contributed by atoms with Crippen LogP contribution in [0.2, 0.25) is 0 Å². The molecule has 0 heterocycles. The minimum atomic E-state index is -0.148. The van der Waals surface area contributed by atoms with Crippen LogP contribution in [0, 0.1) is 0 Å². The molecule has 1 rings (SSSR count). The monoisotopic (exact) mass is 512 g/mol. The number of ether oxygens (including phenoxy) is 7. The summed E-state index contributed by atoms with van der Waals surface area (Å²) in [6.07, 6.45) is 6.87. The molecule has 9 heteroatoms. The van der Waals surface area contributed by atoms with Crippen molar-refractivity contribution in [3.8, 4) is 5.75 Å². The van der Waals surface area contributed by atoms with Gasteiger partial charge in [0.1, 0.15) is 25.2 Å². The van der Waals surface area contributed by atoms with Crippen LogP contribution >= 0.6 is 0 Å². The lowest BCUT2D eigenvalue weighted by molar-refractivity contribution is -0.145. The number of esters is 1. The Balaban J connectivity index is 1.72. The minimum Gasteiger partial charge on any atom is -0.491 e. The topological polar surface area (TPSA) is 98.8 Å². The van der Waals surface area contributed by atoms with Gasteiger partial charge in [-0.3, -0.25) is 9.59 Å². The zero-order valence-electron chi connectivity index (χ0n) is 21.8. The van der Waals surface area contributed by atoms with Gasteiger partial charge in [0.15, 0.2) is 0 Å². The van der Waals surface area contributed by atoms with E-state index in [-0.39, 0.29) is 12.6 Å². The van der Waals surface area contributed by atoms with Crippen LogP contribution in [0.3, 0.4) is 0 Å². The molecule has 36 heavy (non-hydrogen) atoms. The van der Waals surface area contributed by atoms with Gasteiger partial charge in [0.25, 0.3) is 0 Å². The molecule has 0 N–H and O–H groups in total. The molecular weight excluding hydrogens is 468 g/mol. The highest BCUT2D eigenvalue weighted by molar-refractivity contribution is 5.74. The first kappa shape index (κ1) is 32.0. The largest absolute Gasteiger partial charge is 0.491 e. The quantitative estimate of drug-likeness (QED) is 0.104. The smallest absolute Gasteiger partial charge is 0.305 e. The third-order valence-electron chi connectivity index (χ3n) is 4.98. The van der Waals surface area contributed by atoms with Crippen molar-refractivity contribution in [2.45, 2.75) is 45.4 Å². The predicted molar refractivity (Wildman–Crippen MR) is 136 cm³/mol. The summed E-state index contributed by atoms with van der Waals surface area (Å²) in [4.78, 5) is 22.2. The van der Waals surface area contributed by atoms with Crippen LogP contribution in [0.15, 0.2) is 24.3 Å². The Labute approximate surface area is 215 Å². The van der Waals surface area contributed by atoms with Crippen LogP contribution in [0.4, 0.5) is 0 Å². The predicted octanol–water partition coefficient (Wildman–Crippen LogP) is 3.86. The number of hydrogen-bond donors (Lipinski definition) is 0. The Bertz CT molecular complexity index is 637. The molecule has 0 unspecified atom stereocenters. The summed E-state index contributed by atoms with van der Waals surface area (Å²) in [6.45, 7) is 7.57. The molecule has 0 atom stereocenters. The van der Waals surface area contributed by atoms with Gasteiger partial charge in [0.2, 0.25) is 0 Å². The van der Waals surface area contributed by atoms with Crippen LogP contribution in [0.25, 0.3) is 0 Å². The van der Waals surface area contributed by atoms with Crippen molar-refractivity contribution in [3.63, 3.8) is 0 Å². The van der Waals surface area contributed by atoms with E-state index in [0.29, 0.717) is 90.4 Å². The zero-order valence-corrected chi connectivity index (χ0v) is 21.8. The fourth-order valence-electron chi connectivity index (χ4n) is 3.00. The van der Waals surface area contributed by atoms with Gasteiger partial charge in [0, 0.05) is 12.0 Å². The molecule has 206 valence electrons. The van der Waals surface area contributed by atoms with E-state index in [1.165, 1.54) is 19.3 Å². The molecule has 0 aliphatic rings. The van der Waals surface area contributed by atoms with E-state index in [9.17, 15) is 9.59 Å². The number of unbranched alkanes of at least 4 members (excludes halogenated alkanes) is 4. The number of aldehydes is 1. The molecule has 0 aliphatic carbocycles. The summed E-state index contributed by atoms with van der Waals surface area (Å²) in [7, 11) is 0. The standard InChI is InChI=1S/C27H44O9/c1-2-3-4-5-6-7-27(29)36-23-21-34-19-17-32-15-13-30-12-14-31-16-18-33-20-22-35-26-10-8-25(24-28)9-11-26/h8-11,24H,2-7,12-23H2,1H3. The SMILES string of the molecule is CCCCCCCC(=O)OCCOCCOCCOCCOCCOCCOc1ccc(C=O)cc1. The zero-order chi connectivity index (χ0) is 25.9. The number of carbonyl (C=O) groups excluding carboxylic acids is 2. The molecule has 0 saturated carbocycles. The fourth-order valence-corrected chi connectivity index (χ4v) is 3.00. The maximum atomic E-state index is 11.6. The summed E-state index contributed by atoms with van der Waals surface area (Å²) < 4.78 is 37.8. The first-order valence-corrected chi connectivity index (χ1v) is 13.0. The van der Waals surface area contributed by atoms with Gasteiger partial charge in [-0.15, -0.1) is 0 Å². The van der Waals surface area contributed by atoms with E-state index >= 15 is 0 Å². The third-order valence-corrected chi connectivity index (χ3v) is 4.98. The van der Waals surface area contributed by atoms with Crippen molar-refractivity contribution in [1.82, 2.24) is 0 Å². The highest BCUT2D eigenvalue weighted by Crippen LogP contribution is 2.10. The fraction of sp³-hybridized carbons (Fsp3) is 0.704. The number of benzene rings is 1. The van der Waals surface area contributed by atoms with E-state index in [2.05, 4.69) is 6.92 Å². The Morgan fingerprint density at radius 1 is 0.639 bits per heavy atom. The Morgan fingerprint density at radius 2 is 1.11 bits per heavy atom. The summed E-state index contributed by atoms with van der Waals surface area (Å²) in [6, 6.07) is 6.93. The van der Waals surface area contributed by atoms with E-state index in [0.717, 1.165) is 19.1 Å². The molecule has 0 fully saturated rings. The minimum absolute atomic E-state index is 0.148. The maximum Gasteiger partial charge on any atom is 0.305 e. The van der Waals surface area contributed by atoms with Gasteiger partial charge < -0.3 is 33.2 Å². The highest BCUT2D eigenvalue weighted by Gasteiger charge is 2.02. The van der Waals surface area contributed by atoms with E-state index < -0.39 is 0 Å². The van der Waals surface area contributed by atoms with Gasteiger partial charge in [-0.05, 0) is 30.7 Å². The lowest BCUT2D eigenvalue weighted by atomic mass is 10.1. The van der Waals surface area contributed by atoms with Crippen molar-refractivity contribution in [2.24, 2.45) is 0 Å². The van der Waals surface area contributed by atoms with Crippen LogP contribution in [-0.2, 0) is 33.2 Å². The van der Waals surface area contributed by atoms with Crippen molar-refractivity contribution in [1.29, 1.82) is 0 Å². The summed E-state index contributed by atoms with van der Waals surface area (Å²) in [5.41, 5.74) is 0.619. The maximum absolute atomic E-state index is 11.6. The second kappa shape index (κ2) is 24.6. The number of carbonyl (C=O) groups is 2. The van der Waals surface area contributed by atoms with E-state index in [4.69, 9.17) is 33.2 Å². The Kier molecular flexibility index (Phi) is 21.9. The first-order valence-electron chi connectivity index (χ1n) is 13.0. The molecule has 0 amide bonds. The van der Waals surface area contributed by atoms with E-state index in [1.807, 2.05) is 0 Å². The average molecular weight is 513 g/mol. The molecule has 0 spiro atoms. The first-order chi connectivity index (χ1) is 17.8. The molecule has 9 nitrogen and oxygen atoms in total. The van der Waals surface area contributed by atoms with Crippen LogP contribution in [-0.4, -0.2) is 91.5 Å². The van der Waals surface area contributed by atoms with Crippen molar-refractivity contribution in [3.05, 3.63) is 29.8 Å². The molecule has 1 aromatic rings. The number of rotatable bonds is 26. The highest BCUT2D eigenvalue weighted by atomic mass is 16.6. The molecular formula is C27H44O9. The Hall–Kier alpha value is -2.04. The second-order valence-electron chi connectivity index (χ2n) is 7.98. The molecule has 0 aliphatic heterocycles. The van der Waals surface area contributed by atoms with Crippen LogP contribution in [0.5, 0.6) is 5.75 Å². The molecule has 1 aromatic carbocycles. The third kappa shape index (κ3) is 20.2. The van der Waals surface area contributed by atoms with Gasteiger partial charge in [-0.2, -0.15) is 0 Å². The van der Waals surface area contributed by atoms with Gasteiger partial charge in [-0.25, -0.2) is 0 Å². The Morgan fingerprint density at radius 3 is 1.61 bits per heavy atom. The molecule has 0 bridgehead atoms. The summed E-state index contributed by atoms with van der Waals surface area (Å²) in [5, 5.41) is 0. The lowest BCUT2D eigenvalue weighted by Crippen LogP contribution is -2.15. The molecule has 0 saturated heterocycles. The lowest BCUT2D eigenvalue weighted by Gasteiger charge is -2.09. The van der Waals surface area contributed by atoms with Gasteiger partial charge >= 0.3 is 5.97 Å². The molecule has 0 aromatic heterocycles. The average Bonchev–Trinajstić information content (AvgIpc) is 2.90. The second-order valence-corrected chi connectivity index (χ2v) is 7.98. The normalized spacial score (nSPS) is 10.9. The summed E-state index contributed by atoms with van der Waals surface area (Å²) in [5.74, 6) is 0.556. The van der Waals surface area contributed by atoms with Gasteiger partial charge in [0.05, 0.1) is 66.1 Å². The van der Waals surface area contributed by atoms with Crippen molar-refractivity contribution in [2.75, 3.05) is 79.3 Å².